The van der Waals surface area contributed by atoms with Gasteiger partial charge in [-0.15, -0.1) is 0 Å². The highest BCUT2D eigenvalue weighted by atomic mass is 32.2. The van der Waals surface area contributed by atoms with Gasteiger partial charge in [-0.05, 0) is 64.1 Å². The Morgan fingerprint density at radius 1 is 1.00 bits per heavy atom. The molecule has 3 aromatic rings. The van der Waals surface area contributed by atoms with Gasteiger partial charge in [-0.2, -0.15) is 5.10 Å². The van der Waals surface area contributed by atoms with Crippen LogP contribution in [0.4, 0.5) is 5.69 Å². The number of hydrogen-bond donors (Lipinski definition) is 1. The SMILES string of the molecule is Cc1nn(-c2ccccc2)c(C)c1NC(=O)c1ccc(S(=O)(=O)C(C)C)cc1. The molecule has 28 heavy (non-hydrogen) atoms. The van der Waals surface area contributed by atoms with Gasteiger partial charge >= 0.3 is 0 Å². The molecular weight excluding hydrogens is 374 g/mol. The van der Waals surface area contributed by atoms with Gasteiger partial charge in [0.1, 0.15) is 0 Å². The standard InChI is InChI=1S/C21H23N3O3S/c1-14(2)28(26,27)19-12-10-17(11-13-19)21(25)22-20-15(3)23-24(16(20)4)18-8-6-5-7-9-18/h5-14H,1-4H3,(H,22,25). The van der Waals surface area contributed by atoms with Crippen LogP contribution in [-0.2, 0) is 9.84 Å². The number of aromatic nitrogens is 2. The summed E-state index contributed by atoms with van der Waals surface area (Å²) in [6.45, 7) is 6.99. The monoisotopic (exact) mass is 397 g/mol. The van der Waals surface area contributed by atoms with E-state index in [9.17, 15) is 13.2 Å². The molecule has 0 aliphatic rings. The van der Waals surface area contributed by atoms with Crippen LogP contribution in [0.1, 0.15) is 35.6 Å². The van der Waals surface area contributed by atoms with Crippen molar-refractivity contribution in [2.24, 2.45) is 0 Å². The number of nitrogens with one attached hydrogen (secondary N) is 1. The van der Waals surface area contributed by atoms with Crippen molar-refractivity contribution in [3.63, 3.8) is 0 Å². The second kappa shape index (κ2) is 7.59. The van der Waals surface area contributed by atoms with Crippen molar-refractivity contribution in [2.45, 2.75) is 37.8 Å². The maximum atomic E-state index is 12.7. The predicted molar refractivity (Wildman–Crippen MR) is 110 cm³/mol. The summed E-state index contributed by atoms with van der Waals surface area (Å²) in [5.74, 6) is -0.313. The first-order chi connectivity index (χ1) is 13.2. The predicted octanol–water partition coefficient (Wildman–Crippen LogP) is 3.92. The third kappa shape index (κ3) is 3.71. The number of aryl methyl sites for hydroxylation is 1. The van der Waals surface area contributed by atoms with Crippen LogP contribution >= 0.6 is 0 Å². The molecule has 3 rings (SSSR count). The fourth-order valence-corrected chi connectivity index (χ4v) is 3.96. The second-order valence-corrected chi connectivity index (χ2v) is 9.37. The molecule has 146 valence electrons. The number of nitrogens with zero attached hydrogens (tertiary/aromatic N) is 2. The van der Waals surface area contributed by atoms with Crippen LogP contribution in [0.5, 0.6) is 0 Å². The number of hydrogen-bond acceptors (Lipinski definition) is 4. The Labute approximate surface area is 165 Å². The Balaban J connectivity index is 1.85. The summed E-state index contributed by atoms with van der Waals surface area (Å²) in [4.78, 5) is 12.9. The first kappa shape index (κ1) is 19.8. The summed E-state index contributed by atoms with van der Waals surface area (Å²) in [7, 11) is -3.36. The topological polar surface area (TPSA) is 81.1 Å². The smallest absolute Gasteiger partial charge is 0.255 e. The van der Waals surface area contributed by atoms with E-state index >= 15 is 0 Å². The van der Waals surface area contributed by atoms with Gasteiger partial charge in [0.25, 0.3) is 5.91 Å². The minimum absolute atomic E-state index is 0.211. The van der Waals surface area contributed by atoms with Gasteiger partial charge in [-0.1, -0.05) is 18.2 Å². The van der Waals surface area contributed by atoms with Gasteiger partial charge in [0.15, 0.2) is 9.84 Å². The zero-order chi connectivity index (χ0) is 20.5. The fourth-order valence-electron chi connectivity index (χ4n) is 2.90. The molecule has 1 heterocycles. The van der Waals surface area contributed by atoms with E-state index in [0.717, 1.165) is 11.4 Å². The van der Waals surface area contributed by atoms with E-state index in [4.69, 9.17) is 0 Å². The van der Waals surface area contributed by atoms with Crippen LogP contribution in [0, 0.1) is 13.8 Å². The van der Waals surface area contributed by atoms with Crippen molar-refractivity contribution in [3.8, 4) is 5.69 Å². The van der Waals surface area contributed by atoms with Gasteiger partial charge in [0, 0.05) is 5.56 Å². The Morgan fingerprint density at radius 2 is 1.61 bits per heavy atom. The lowest BCUT2D eigenvalue weighted by Gasteiger charge is -2.09. The van der Waals surface area contributed by atoms with Crippen molar-refractivity contribution < 1.29 is 13.2 Å². The molecule has 1 N–H and O–H groups in total. The Morgan fingerprint density at radius 3 is 2.18 bits per heavy atom. The van der Waals surface area contributed by atoms with Crippen LogP contribution < -0.4 is 5.32 Å². The molecule has 0 atom stereocenters. The second-order valence-electron chi connectivity index (χ2n) is 6.87. The molecule has 7 heteroatoms. The molecule has 2 aromatic carbocycles. The highest BCUT2D eigenvalue weighted by molar-refractivity contribution is 7.92. The molecule has 0 aliphatic heterocycles. The highest BCUT2D eigenvalue weighted by Crippen LogP contribution is 2.24. The number of sulfone groups is 1. The maximum Gasteiger partial charge on any atom is 0.255 e. The third-order valence-corrected chi connectivity index (χ3v) is 6.77. The van der Waals surface area contributed by atoms with E-state index in [1.54, 1.807) is 18.5 Å². The first-order valence-electron chi connectivity index (χ1n) is 8.98. The Kier molecular flexibility index (Phi) is 5.38. The fraction of sp³-hybridized carbons (Fsp3) is 0.238. The summed E-state index contributed by atoms with van der Waals surface area (Å²) in [6.07, 6.45) is 0. The molecule has 0 saturated heterocycles. The Bertz CT molecular complexity index is 1100. The van der Waals surface area contributed by atoms with Crippen molar-refractivity contribution in [1.82, 2.24) is 9.78 Å². The van der Waals surface area contributed by atoms with Crippen LogP contribution in [-0.4, -0.2) is 29.4 Å². The number of para-hydroxylation sites is 1. The Hall–Kier alpha value is -2.93. The number of carbonyl (C=O) groups excluding carboxylic acids is 1. The summed E-state index contributed by atoms with van der Waals surface area (Å²) in [6, 6.07) is 15.7. The van der Waals surface area contributed by atoms with E-state index in [1.807, 2.05) is 44.2 Å². The first-order valence-corrected chi connectivity index (χ1v) is 10.5. The van der Waals surface area contributed by atoms with Gasteiger partial charge in [0.05, 0.1) is 32.9 Å². The molecule has 0 saturated carbocycles. The number of rotatable bonds is 5. The lowest BCUT2D eigenvalue weighted by Crippen LogP contribution is -2.16. The van der Waals surface area contributed by atoms with E-state index in [-0.39, 0.29) is 10.8 Å². The zero-order valence-corrected chi connectivity index (χ0v) is 17.1. The zero-order valence-electron chi connectivity index (χ0n) is 16.3. The van der Waals surface area contributed by atoms with Crippen LogP contribution in [0.25, 0.3) is 5.69 Å². The molecule has 0 bridgehead atoms. The summed E-state index contributed by atoms with van der Waals surface area (Å²) in [5, 5.41) is 6.90. The quantitative estimate of drug-likeness (QED) is 0.707. The number of benzene rings is 2. The van der Waals surface area contributed by atoms with Gasteiger partial charge in [0.2, 0.25) is 0 Å². The van der Waals surface area contributed by atoms with Crippen LogP contribution in [0.3, 0.4) is 0 Å². The third-order valence-electron chi connectivity index (χ3n) is 4.60. The summed E-state index contributed by atoms with van der Waals surface area (Å²) >= 11 is 0. The van der Waals surface area contributed by atoms with Gasteiger partial charge in [-0.25, -0.2) is 13.1 Å². The minimum atomic E-state index is -3.36. The summed E-state index contributed by atoms with van der Waals surface area (Å²) < 4.78 is 26.2. The lowest BCUT2D eigenvalue weighted by molar-refractivity contribution is 0.102. The van der Waals surface area contributed by atoms with Gasteiger partial charge < -0.3 is 5.32 Å². The molecule has 0 radical (unpaired) electrons. The molecule has 1 amide bonds. The van der Waals surface area contributed by atoms with Crippen molar-refractivity contribution in [3.05, 3.63) is 71.5 Å². The van der Waals surface area contributed by atoms with Crippen molar-refractivity contribution in [2.75, 3.05) is 5.32 Å². The molecule has 0 spiro atoms. The highest BCUT2D eigenvalue weighted by Gasteiger charge is 2.20. The van der Waals surface area contributed by atoms with E-state index in [2.05, 4.69) is 10.4 Å². The van der Waals surface area contributed by atoms with Crippen molar-refractivity contribution in [1.29, 1.82) is 0 Å². The average molecular weight is 398 g/mol. The van der Waals surface area contributed by atoms with Crippen LogP contribution in [0.15, 0.2) is 59.5 Å². The number of anilines is 1. The summed E-state index contributed by atoms with van der Waals surface area (Å²) in [5.41, 5.74) is 3.46. The molecule has 0 unspecified atom stereocenters. The average Bonchev–Trinajstić information content (AvgIpc) is 2.96. The molecular formula is C21H23N3O3S. The van der Waals surface area contributed by atoms with Gasteiger partial charge in [-0.3, -0.25) is 4.79 Å². The van der Waals surface area contributed by atoms with E-state index in [1.165, 1.54) is 24.3 Å². The molecule has 0 fully saturated rings. The number of carbonyl (C=O) groups is 1. The number of amides is 1. The minimum Gasteiger partial charge on any atom is -0.319 e. The normalized spacial score (nSPS) is 11.6. The molecule has 1 aromatic heterocycles. The van der Waals surface area contributed by atoms with E-state index in [0.29, 0.717) is 16.9 Å². The molecule has 6 nitrogen and oxygen atoms in total. The largest absolute Gasteiger partial charge is 0.319 e. The lowest BCUT2D eigenvalue weighted by atomic mass is 10.2. The maximum absolute atomic E-state index is 12.7. The molecule has 0 aliphatic carbocycles. The van der Waals surface area contributed by atoms with Crippen LogP contribution in [0.2, 0.25) is 0 Å². The van der Waals surface area contributed by atoms with Crippen molar-refractivity contribution >= 4 is 21.4 Å². The van der Waals surface area contributed by atoms with E-state index < -0.39 is 15.1 Å².